The largest absolute Gasteiger partial charge is 0.426 e. The fourth-order valence-corrected chi connectivity index (χ4v) is 3.59. The number of esters is 1. The molecule has 0 aromatic heterocycles. The molecule has 3 aromatic rings. The average molecular weight is 375 g/mol. The molecule has 0 bridgehead atoms. The molecule has 0 amide bonds. The molecule has 1 saturated heterocycles. The van der Waals surface area contributed by atoms with Crippen LogP contribution in [-0.4, -0.2) is 37.2 Å². The van der Waals surface area contributed by atoms with E-state index in [1.165, 1.54) is 5.56 Å². The number of morpholine rings is 1. The molecule has 4 heteroatoms. The molecule has 4 rings (SSSR count). The Kier molecular flexibility index (Phi) is 5.70. The Hall–Kier alpha value is -2.69. The highest BCUT2D eigenvalue weighted by Crippen LogP contribution is 2.30. The molecule has 1 aliphatic rings. The molecular weight excluding hydrogens is 350 g/mol. The van der Waals surface area contributed by atoms with Gasteiger partial charge in [0.05, 0.1) is 19.6 Å². The van der Waals surface area contributed by atoms with Crippen molar-refractivity contribution in [1.82, 2.24) is 4.90 Å². The molecule has 0 spiro atoms. The molecule has 0 unspecified atom stereocenters. The van der Waals surface area contributed by atoms with E-state index in [9.17, 15) is 4.79 Å². The number of carbonyl (C=O) groups excluding carboxylic acids is 1. The fourth-order valence-electron chi connectivity index (χ4n) is 3.59. The minimum absolute atomic E-state index is 0.234. The van der Waals surface area contributed by atoms with Crippen molar-refractivity contribution in [1.29, 1.82) is 0 Å². The highest BCUT2D eigenvalue weighted by Gasteiger charge is 2.18. The van der Waals surface area contributed by atoms with Gasteiger partial charge in [0.1, 0.15) is 5.75 Å². The van der Waals surface area contributed by atoms with Gasteiger partial charge in [-0.1, -0.05) is 60.2 Å². The molecule has 4 nitrogen and oxygen atoms in total. The smallest absolute Gasteiger partial charge is 0.315 e. The van der Waals surface area contributed by atoms with Gasteiger partial charge in [0, 0.05) is 25.2 Å². The van der Waals surface area contributed by atoms with Gasteiger partial charge in [0.25, 0.3) is 0 Å². The summed E-state index contributed by atoms with van der Waals surface area (Å²) in [7, 11) is 0. The number of hydrogen-bond acceptors (Lipinski definition) is 4. The van der Waals surface area contributed by atoms with Crippen molar-refractivity contribution in [2.45, 2.75) is 19.9 Å². The molecule has 0 saturated carbocycles. The number of hydrogen-bond donors (Lipinski definition) is 0. The van der Waals surface area contributed by atoms with Gasteiger partial charge in [-0.25, -0.2) is 0 Å². The number of benzene rings is 3. The molecule has 0 atom stereocenters. The van der Waals surface area contributed by atoms with Crippen molar-refractivity contribution in [3.8, 4) is 5.75 Å². The lowest BCUT2D eigenvalue weighted by atomic mass is 10.0. The van der Waals surface area contributed by atoms with Crippen molar-refractivity contribution in [3.05, 3.63) is 77.4 Å². The van der Waals surface area contributed by atoms with Crippen LogP contribution >= 0.6 is 0 Å². The van der Waals surface area contributed by atoms with E-state index in [1.54, 1.807) is 0 Å². The summed E-state index contributed by atoms with van der Waals surface area (Å²) in [6.07, 6.45) is 0.268. The molecule has 28 heavy (non-hydrogen) atoms. The minimum atomic E-state index is -0.234. The van der Waals surface area contributed by atoms with E-state index in [0.29, 0.717) is 5.75 Å². The van der Waals surface area contributed by atoms with Gasteiger partial charge in [0.2, 0.25) is 0 Å². The van der Waals surface area contributed by atoms with Crippen LogP contribution in [0.4, 0.5) is 0 Å². The first-order valence-corrected chi connectivity index (χ1v) is 9.76. The molecule has 0 radical (unpaired) electrons. The quantitative estimate of drug-likeness (QED) is 0.497. The number of nitrogens with zero attached hydrogens (tertiary/aromatic N) is 1. The minimum Gasteiger partial charge on any atom is -0.426 e. The highest BCUT2D eigenvalue weighted by atomic mass is 16.5. The zero-order valence-electron chi connectivity index (χ0n) is 16.2. The van der Waals surface area contributed by atoms with Gasteiger partial charge in [0.15, 0.2) is 0 Å². The van der Waals surface area contributed by atoms with Crippen molar-refractivity contribution in [3.63, 3.8) is 0 Å². The molecule has 3 aromatic carbocycles. The van der Waals surface area contributed by atoms with E-state index in [4.69, 9.17) is 9.47 Å². The SMILES string of the molecule is Cc1ccc(CC(=O)Oc2ccc3ccccc3c2CN2CCOCC2)cc1. The van der Waals surface area contributed by atoms with Crippen LogP contribution in [0.5, 0.6) is 5.75 Å². The maximum atomic E-state index is 12.6. The van der Waals surface area contributed by atoms with Gasteiger partial charge >= 0.3 is 5.97 Å². The Balaban J connectivity index is 1.58. The Morgan fingerprint density at radius 1 is 1.00 bits per heavy atom. The van der Waals surface area contributed by atoms with Crippen LogP contribution in [0.25, 0.3) is 10.8 Å². The molecule has 1 fully saturated rings. The third-order valence-corrected chi connectivity index (χ3v) is 5.18. The zero-order chi connectivity index (χ0) is 19.3. The summed E-state index contributed by atoms with van der Waals surface area (Å²) in [6.45, 7) is 6.05. The number of rotatable bonds is 5. The lowest BCUT2D eigenvalue weighted by Crippen LogP contribution is -2.35. The van der Waals surface area contributed by atoms with E-state index in [2.05, 4.69) is 17.0 Å². The second kappa shape index (κ2) is 8.55. The monoisotopic (exact) mass is 375 g/mol. The first-order valence-electron chi connectivity index (χ1n) is 9.76. The van der Waals surface area contributed by atoms with Crippen LogP contribution < -0.4 is 4.74 Å². The van der Waals surface area contributed by atoms with Crippen molar-refractivity contribution in [2.75, 3.05) is 26.3 Å². The van der Waals surface area contributed by atoms with Gasteiger partial charge in [-0.05, 0) is 29.3 Å². The van der Waals surface area contributed by atoms with E-state index in [-0.39, 0.29) is 12.4 Å². The van der Waals surface area contributed by atoms with Crippen LogP contribution in [-0.2, 0) is 22.5 Å². The Morgan fingerprint density at radius 2 is 1.75 bits per heavy atom. The van der Waals surface area contributed by atoms with Crippen LogP contribution in [0.1, 0.15) is 16.7 Å². The van der Waals surface area contributed by atoms with Gasteiger partial charge in [-0.2, -0.15) is 0 Å². The highest BCUT2D eigenvalue weighted by molar-refractivity contribution is 5.89. The van der Waals surface area contributed by atoms with Gasteiger partial charge < -0.3 is 9.47 Å². The van der Waals surface area contributed by atoms with E-state index < -0.39 is 0 Å². The molecule has 0 aliphatic carbocycles. The van der Waals surface area contributed by atoms with Crippen molar-refractivity contribution < 1.29 is 14.3 Å². The van der Waals surface area contributed by atoms with E-state index in [1.807, 2.05) is 55.5 Å². The number of carbonyl (C=O) groups is 1. The first kappa shape index (κ1) is 18.7. The third-order valence-electron chi connectivity index (χ3n) is 5.18. The zero-order valence-corrected chi connectivity index (χ0v) is 16.2. The predicted octanol–water partition coefficient (Wildman–Crippen LogP) is 4.13. The Morgan fingerprint density at radius 3 is 2.54 bits per heavy atom. The number of aryl methyl sites for hydroxylation is 1. The lowest BCUT2D eigenvalue weighted by Gasteiger charge is -2.27. The van der Waals surface area contributed by atoms with E-state index in [0.717, 1.165) is 54.7 Å². The molecule has 1 aliphatic heterocycles. The van der Waals surface area contributed by atoms with Crippen LogP contribution in [0.15, 0.2) is 60.7 Å². The maximum absolute atomic E-state index is 12.6. The summed E-state index contributed by atoms with van der Waals surface area (Å²) in [5.41, 5.74) is 3.21. The summed E-state index contributed by atoms with van der Waals surface area (Å²) in [5, 5.41) is 2.29. The first-order chi connectivity index (χ1) is 13.7. The maximum Gasteiger partial charge on any atom is 0.315 e. The van der Waals surface area contributed by atoms with Crippen molar-refractivity contribution >= 4 is 16.7 Å². The lowest BCUT2D eigenvalue weighted by molar-refractivity contribution is -0.133. The standard InChI is InChI=1S/C24H25NO3/c1-18-6-8-19(9-7-18)16-24(26)28-23-11-10-20-4-2-3-5-21(20)22(23)17-25-12-14-27-15-13-25/h2-11H,12-17H2,1H3. The summed E-state index contributed by atoms with van der Waals surface area (Å²) in [5.74, 6) is 0.421. The molecular formula is C24H25NO3. The Bertz CT molecular complexity index is 959. The number of fused-ring (bicyclic) bond motifs is 1. The molecule has 144 valence electrons. The van der Waals surface area contributed by atoms with Crippen molar-refractivity contribution in [2.24, 2.45) is 0 Å². The summed E-state index contributed by atoms with van der Waals surface area (Å²) in [6, 6.07) is 20.2. The average Bonchev–Trinajstić information content (AvgIpc) is 2.72. The van der Waals surface area contributed by atoms with Crippen LogP contribution in [0.2, 0.25) is 0 Å². The van der Waals surface area contributed by atoms with E-state index >= 15 is 0 Å². The predicted molar refractivity (Wildman–Crippen MR) is 111 cm³/mol. The molecule has 0 N–H and O–H groups in total. The van der Waals surface area contributed by atoms with Gasteiger partial charge in [-0.15, -0.1) is 0 Å². The third kappa shape index (κ3) is 4.41. The second-order valence-electron chi connectivity index (χ2n) is 7.29. The summed E-state index contributed by atoms with van der Waals surface area (Å²) in [4.78, 5) is 14.9. The topological polar surface area (TPSA) is 38.8 Å². The second-order valence-corrected chi connectivity index (χ2v) is 7.29. The van der Waals surface area contributed by atoms with Crippen LogP contribution in [0, 0.1) is 6.92 Å². The van der Waals surface area contributed by atoms with Gasteiger partial charge in [-0.3, -0.25) is 9.69 Å². The summed E-state index contributed by atoms with van der Waals surface area (Å²) < 4.78 is 11.3. The van der Waals surface area contributed by atoms with Crippen LogP contribution in [0.3, 0.4) is 0 Å². The fraction of sp³-hybridized carbons (Fsp3) is 0.292. The normalized spacial score (nSPS) is 14.9. The molecule has 1 heterocycles. The number of ether oxygens (including phenoxy) is 2. The summed E-state index contributed by atoms with van der Waals surface area (Å²) >= 11 is 0. The Labute approximate surface area is 165 Å².